The Bertz CT molecular complexity index is 219. The zero-order valence-corrected chi connectivity index (χ0v) is 6.57. The van der Waals surface area contributed by atoms with Gasteiger partial charge in [0.05, 0.1) is 0 Å². The molecule has 5 heteroatoms. The highest BCUT2D eigenvalue weighted by atomic mass is 15.4. The van der Waals surface area contributed by atoms with E-state index in [4.69, 9.17) is 0 Å². The van der Waals surface area contributed by atoms with E-state index in [9.17, 15) is 0 Å². The average molecular weight is 153 g/mol. The van der Waals surface area contributed by atoms with Crippen LogP contribution in [-0.2, 0) is 0 Å². The molecule has 0 aliphatic heterocycles. The van der Waals surface area contributed by atoms with E-state index in [0.29, 0.717) is 5.96 Å². The lowest BCUT2D eigenvalue weighted by Crippen LogP contribution is -2.32. The van der Waals surface area contributed by atoms with Crippen LogP contribution in [0.2, 0.25) is 0 Å². The number of nitrogens with zero attached hydrogens (tertiary/aromatic N) is 3. The van der Waals surface area contributed by atoms with Gasteiger partial charge < -0.3 is 10.6 Å². The Kier molecular flexibility index (Phi) is 2.48. The highest BCUT2D eigenvalue weighted by Crippen LogP contribution is 1.82. The third-order valence-corrected chi connectivity index (χ3v) is 1.18. The van der Waals surface area contributed by atoms with E-state index in [-0.39, 0.29) is 0 Å². The molecule has 0 aromatic carbocycles. The molecule has 0 aliphatic rings. The lowest BCUT2D eigenvalue weighted by Gasteiger charge is -2.02. The van der Waals surface area contributed by atoms with Crippen LogP contribution in [0.5, 0.6) is 0 Å². The first-order valence-electron chi connectivity index (χ1n) is 3.29. The smallest absolute Gasteiger partial charge is 0.214 e. The zero-order valence-electron chi connectivity index (χ0n) is 6.57. The second kappa shape index (κ2) is 3.60. The van der Waals surface area contributed by atoms with Gasteiger partial charge in [0.2, 0.25) is 5.96 Å². The van der Waals surface area contributed by atoms with Crippen molar-refractivity contribution >= 4 is 5.96 Å². The van der Waals surface area contributed by atoms with Crippen molar-refractivity contribution in [1.29, 1.82) is 0 Å². The molecule has 0 atom stereocenters. The van der Waals surface area contributed by atoms with Crippen LogP contribution in [-0.4, -0.2) is 29.7 Å². The van der Waals surface area contributed by atoms with Gasteiger partial charge in [-0.2, -0.15) is 0 Å². The fourth-order valence-corrected chi connectivity index (χ4v) is 0.652. The number of hydrogen-bond acceptors (Lipinski definition) is 2. The van der Waals surface area contributed by atoms with Crippen LogP contribution in [0.4, 0.5) is 0 Å². The standard InChI is InChI=1S/C6H11N5/c1-7-6(8-2)10-11-4-3-9-5-11/h3-5H,1-2H3,(H2,7,8,10). The number of rotatable bonds is 1. The van der Waals surface area contributed by atoms with E-state index in [1.54, 1.807) is 37.5 Å². The minimum atomic E-state index is 0.697. The molecule has 60 valence electrons. The Balaban J connectivity index is 2.71. The number of guanidine groups is 1. The highest BCUT2D eigenvalue weighted by molar-refractivity contribution is 5.78. The first-order chi connectivity index (χ1) is 5.36. The van der Waals surface area contributed by atoms with E-state index in [1.165, 1.54) is 0 Å². The molecular formula is C6H11N5. The van der Waals surface area contributed by atoms with Crippen LogP contribution < -0.4 is 10.6 Å². The molecule has 1 aromatic rings. The van der Waals surface area contributed by atoms with Gasteiger partial charge in [-0.25, -0.2) is 9.66 Å². The van der Waals surface area contributed by atoms with Gasteiger partial charge in [0.25, 0.3) is 0 Å². The number of nitrogens with one attached hydrogen (secondary N) is 2. The Morgan fingerprint density at radius 3 is 2.64 bits per heavy atom. The summed E-state index contributed by atoms with van der Waals surface area (Å²) in [7, 11) is 3.60. The maximum atomic E-state index is 4.10. The Hall–Kier alpha value is -1.52. The molecule has 0 fully saturated rings. The van der Waals surface area contributed by atoms with Crippen molar-refractivity contribution in [3.63, 3.8) is 0 Å². The summed E-state index contributed by atoms with van der Waals surface area (Å²) >= 11 is 0. The predicted molar refractivity (Wildman–Crippen MR) is 43.2 cm³/mol. The van der Waals surface area contributed by atoms with Gasteiger partial charge in [0.1, 0.15) is 6.33 Å². The summed E-state index contributed by atoms with van der Waals surface area (Å²) in [6, 6.07) is 0. The monoisotopic (exact) mass is 153 g/mol. The summed E-state index contributed by atoms with van der Waals surface area (Å²) in [6.07, 6.45) is 5.05. The summed E-state index contributed by atoms with van der Waals surface area (Å²) in [5.74, 6) is 0.697. The van der Waals surface area contributed by atoms with Crippen molar-refractivity contribution in [1.82, 2.24) is 20.3 Å². The zero-order chi connectivity index (χ0) is 8.10. The summed E-state index contributed by atoms with van der Waals surface area (Å²) in [5.41, 5.74) is 0. The van der Waals surface area contributed by atoms with E-state index in [2.05, 4.69) is 20.7 Å². The number of aromatic nitrogens is 2. The first-order valence-corrected chi connectivity index (χ1v) is 3.29. The Morgan fingerprint density at radius 2 is 2.18 bits per heavy atom. The SMILES string of the molecule is CNC(=Nn1ccnc1)NC. The molecule has 0 amide bonds. The summed E-state index contributed by atoms with van der Waals surface area (Å²) in [6.45, 7) is 0. The third-order valence-electron chi connectivity index (χ3n) is 1.18. The molecule has 2 N–H and O–H groups in total. The largest absolute Gasteiger partial charge is 0.358 e. The van der Waals surface area contributed by atoms with Gasteiger partial charge in [-0.1, -0.05) is 0 Å². The third kappa shape index (κ3) is 1.96. The molecule has 0 bridgehead atoms. The minimum absolute atomic E-state index is 0.697. The van der Waals surface area contributed by atoms with Gasteiger partial charge in [0, 0.05) is 26.5 Å². The van der Waals surface area contributed by atoms with Crippen molar-refractivity contribution in [2.24, 2.45) is 5.10 Å². The van der Waals surface area contributed by atoms with Crippen LogP contribution in [0.1, 0.15) is 0 Å². The van der Waals surface area contributed by atoms with Gasteiger partial charge >= 0.3 is 0 Å². The first kappa shape index (κ1) is 7.59. The summed E-state index contributed by atoms with van der Waals surface area (Å²) in [5, 5.41) is 9.86. The average Bonchev–Trinajstić information content (AvgIpc) is 2.52. The fraction of sp³-hybridized carbons (Fsp3) is 0.333. The molecule has 0 aliphatic carbocycles. The lowest BCUT2D eigenvalue weighted by atomic mass is 10.9. The van der Waals surface area contributed by atoms with Crippen LogP contribution in [0.15, 0.2) is 23.8 Å². The minimum Gasteiger partial charge on any atom is -0.358 e. The van der Waals surface area contributed by atoms with Crippen molar-refractivity contribution < 1.29 is 0 Å². The molecule has 1 aromatic heterocycles. The molecule has 0 saturated heterocycles. The second-order valence-electron chi connectivity index (χ2n) is 1.89. The van der Waals surface area contributed by atoms with E-state index < -0.39 is 0 Å². The van der Waals surface area contributed by atoms with Crippen LogP contribution in [0.25, 0.3) is 0 Å². The van der Waals surface area contributed by atoms with Crippen molar-refractivity contribution in [2.45, 2.75) is 0 Å². The van der Waals surface area contributed by atoms with Crippen LogP contribution in [0, 0.1) is 0 Å². The normalized spacial score (nSPS) is 8.91. The highest BCUT2D eigenvalue weighted by Gasteiger charge is 1.89. The molecule has 0 radical (unpaired) electrons. The summed E-state index contributed by atoms with van der Waals surface area (Å²) < 4.78 is 1.61. The Morgan fingerprint density at radius 1 is 1.45 bits per heavy atom. The van der Waals surface area contributed by atoms with E-state index >= 15 is 0 Å². The number of hydrogen-bond donors (Lipinski definition) is 2. The van der Waals surface area contributed by atoms with Crippen molar-refractivity contribution in [2.75, 3.05) is 14.1 Å². The van der Waals surface area contributed by atoms with Gasteiger partial charge in [0.15, 0.2) is 0 Å². The molecular weight excluding hydrogens is 142 g/mol. The van der Waals surface area contributed by atoms with Gasteiger partial charge in [-0.3, -0.25) is 0 Å². The Labute approximate surface area is 65.1 Å². The molecule has 0 saturated carbocycles. The molecule has 1 rings (SSSR count). The van der Waals surface area contributed by atoms with Crippen LogP contribution in [0.3, 0.4) is 0 Å². The maximum Gasteiger partial charge on any atom is 0.214 e. The van der Waals surface area contributed by atoms with Crippen LogP contribution >= 0.6 is 0 Å². The fourth-order valence-electron chi connectivity index (χ4n) is 0.652. The topological polar surface area (TPSA) is 54.2 Å². The van der Waals surface area contributed by atoms with Crippen molar-refractivity contribution in [3.05, 3.63) is 18.7 Å². The second-order valence-corrected chi connectivity index (χ2v) is 1.89. The van der Waals surface area contributed by atoms with Gasteiger partial charge in [-0.15, -0.1) is 5.10 Å². The molecule has 11 heavy (non-hydrogen) atoms. The molecule has 5 nitrogen and oxygen atoms in total. The maximum absolute atomic E-state index is 4.10. The molecule has 1 heterocycles. The molecule has 0 spiro atoms. The quantitative estimate of drug-likeness (QED) is 0.420. The summed E-state index contributed by atoms with van der Waals surface area (Å²) in [4.78, 5) is 3.84. The van der Waals surface area contributed by atoms with E-state index in [0.717, 1.165) is 0 Å². The van der Waals surface area contributed by atoms with E-state index in [1.807, 2.05) is 0 Å². The van der Waals surface area contributed by atoms with Crippen molar-refractivity contribution in [3.8, 4) is 0 Å². The molecule has 0 unspecified atom stereocenters. The predicted octanol–water partition coefficient (Wildman–Crippen LogP) is -0.559. The van der Waals surface area contributed by atoms with Gasteiger partial charge in [-0.05, 0) is 0 Å². The number of imidazole rings is 1. The lowest BCUT2D eigenvalue weighted by molar-refractivity contribution is 0.837.